The van der Waals surface area contributed by atoms with Gasteiger partial charge in [0.05, 0.1) is 17.8 Å². The van der Waals surface area contributed by atoms with Gasteiger partial charge >= 0.3 is 0 Å². The Bertz CT molecular complexity index is 1270. The van der Waals surface area contributed by atoms with E-state index in [0.717, 1.165) is 11.1 Å². The van der Waals surface area contributed by atoms with Crippen LogP contribution in [0.4, 0.5) is 20.2 Å². The molecule has 0 saturated carbocycles. The van der Waals surface area contributed by atoms with Crippen LogP contribution in [0.5, 0.6) is 0 Å². The second-order valence-electron chi connectivity index (χ2n) is 7.36. The number of hydrazine groups is 1. The fraction of sp³-hybridized carbons (Fsp3) is 0.0833. The molecular weight excluding hydrogens is 462 g/mol. The topological polar surface area (TPSA) is 81.8 Å². The third-order valence-corrected chi connectivity index (χ3v) is 5.44. The van der Waals surface area contributed by atoms with Crippen LogP contribution >= 0.6 is 12.2 Å². The molecule has 3 aromatic rings. The Morgan fingerprint density at radius 2 is 1.65 bits per heavy atom. The quantitative estimate of drug-likeness (QED) is 0.527. The van der Waals surface area contributed by atoms with Crippen molar-refractivity contribution in [3.63, 3.8) is 0 Å². The molecule has 1 saturated heterocycles. The van der Waals surface area contributed by atoms with Crippen LogP contribution in [-0.4, -0.2) is 33.9 Å². The number of nitrogens with zero attached hydrogens (tertiary/aromatic N) is 2. The molecule has 1 fully saturated rings. The van der Waals surface area contributed by atoms with Crippen molar-refractivity contribution in [1.29, 1.82) is 0 Å². The van der Waals surface area contributed by atoms with E-state index >= 15 is 0 Å². The van der Waals surface area contributed by atoms with Crippen molar-refractivity contribution in [3.8, 4) is 0 Å². The minimum absolute atomic E-state index is 0.00275. The molecule has 1 aliphatic rings. The number of rotatable bonds is 6. The van der Waals surface area contributed by atoms with Crippen LogP contribution in [0.25, 0.3) is 0 Å². The zero-order valence-electron chi connectivity index (χ0n) is 17.6. The van der Waals surface area contributed by atoms with Crippen molar-refractivity contribution in [3.05, 3.63) is 96.1 Å². The van der Waals surface area contributed by atoms with Gasteiger partial charge in [-0.2, -0.15) is 0 Å². The standard InChI is InChI=1S/C24H18F2N4O3S/c25-16-8-6-7-15(13-16)22(32)28-30-20(14-21(31)27-19-12-5-4-11-18(19)26)23(33)29(24(30)34)17-9-2-1-3-10-17/h1-13,20H,14H2,(H,27,31)(H,28,32). The largest absolute Gasteiger partial charge is 0.324 e. The highest BCUT2D eigenvalue weighted by Crippen LogP contribution is 2.26. The van der Waals surface area contributed by atoms with Gasteiger partial charge in [-0.25, -0.2) is 13.8 Å². The molecule has 172 valence electrons. The number of thiocarbonyl (C=S) groups is 1. The summed E-state index contributed by atoms with van der Waals surface area (Å²) in [7, 11) is 0. The van der Waals surface area contributed by atoms with Gasteiger partial charge in [0.1, 0.15) is 17.7 Å². The summed E-state index contributed by atoms with van der Waals surface area (Å²) in [5.74, 6) is -3.18. The van der Waals surface area contributed by atoms with Gasteiger partial charge in [0.2, 0.25) is 11.0 Å². The lowest BCUT2D eigenvalue weighted by Crippen LogP contribution is -2.49. The molecule has 7 nitrogen and oxygen atoms in total. The van der Waals surface area contributed by atoms with E-state index in [1.54, 1.807) is 36.4 Å². The second-order valence-corrected chi connectivity index (χ2v) is 7.73. The van der Waals surface area contributed by atoms with Crippen molar-refractivity contribution < 1.29 is 23.2 Å². The van der Waals surface area contributed by atoms with Gasteiger partial charge in [0.15, 0.2) is 0 Å². The first-order valence-electron chi connectivity index (χ1n) is 10.2. The SMILES string of the molecule is O=C(CC1C(=O)N(c2ccccc2)C(=S)N1NC(=O)c1cccc(F)c1)Nc1ccccc1F. The maximum absolute atomic E-state index is 13.9. The molecule has 0 aromatic heterocycles. The van der Waals surface area contributed by atoms with Crippen LogP contribution in [-0.2, 0) is 9.59 Å². The summed E-state index contributed by atoms with van der Waals surface area (Å²) in [6, 6.07) is 17.9. The lowest BCUT2D eigenvalue weighted by atomic mass is 10.1. The van der Waals surface area contributed by atoms with Crippen molar-refractivity contribution in [1.82, 2.24) is 10.4 Å². The van der Waals surface area contributed by atoms with Gasteiger partial charge in [0, 0.05) is 5.56 Å². The van der Waals surface area contributed by atoms with Gasteiger partial charge in [-0.05, 0) is 54.7 Å². The molecule has 10 heteroatoms. The second kappa shape index (κ2) is 9.75. The molecule has 4 rings (SSSR count). The summed E-state index contributed by atoms with van der Waals surface area (Å²) < 4.78 is 27.5. The lowest BCUT2D eigenvalue weighted by molar-refractivity contribution is -0.124. The number of carbonyl (C=O) groups excluding carboxylic acids is 3. The van der Waals surface area contributed by atoms with Gasteiger partial charge in [-0.3, -0.25) is 24.7 Å². The van der Waals surface area contributed by atoms with Crippen LogP contribution < -0.4 is 15.6 Å². The van der Waals surface area contributed by atoms with Gasteiger partial charge in [-0.1, -0.05) is 36.4 Å². The number of anilines is 2. The number of hydrogen-bond donors (Lipinski definition) is 2. The Hall–Kier alpha value is -4.18. The van der Waals surface area contributed by atoms with Crippen LogP contribution in [0.2, 0.25) is 0 Å². The van der Waals surface area contributed by atoms with Gasteiger partial charge < -0.3 is 5.32 Å². The predicted molar refractivity (Wildman–Crippen MR) is 126 cm³/mol. The smallest absolute Gasteiger partial charge is 0.269 e. The van der Waals surface area contributed by atoms with E-state index in [1.807, 2.05) is 0 Å². The number of amides is 3. The van der Waals surface area contributed by atoms with Gasteiger partial charge in [0.25, 0.3) is 11.8 Å². The van der Waals surface area contributed by atoms with E-state index in [9.17, 15) is 23.2 Å². The van der Waals surface area contributed by atoms with Crippen molar-refractivity contribution in [2.45, 2.75) is 12.5 Å². The van der Waals surface area contributed by atoms with Crippen LogP contribution in [0, 0.1) is 11.6 Å². The molecule has 1 unspecified atom stereocenters. The molecule has 1 heterocycles. The molecular formula is C24H18F2N4O3S. The Morgan fingerprint density at radius 1 is 0.941 bits per heavy atom. The predicted octanol–water partition coefficient (Wildman–Crippen LogP) is 3.64. The first-order valence-corrected chi connectivity index (χ1v) is 10.6. The lowest BCUT2D eigenvalue weighted by Gasteiger charge is -2.24. The molecule has 2 N–H and O–H groups in total. The van der Waals surface area contributed by atoms with Crippen molar-refractivity contribution in [2.75, 3.05) is 10.2 Å². The molecule has 1 atom stereocenters. The molecule has 0 bridgehead atoms. The zero-order chi connectivity index (χ0) is 24.2. The fourth-order valence-corrected chi connectivity index (χ4v) is 3.83. The molecule has 1 aliphatic heterocycles. The molecule has 0 aliphatic carbocycles. The summed E-state index contributed by atoms with van der Waals surface area (Å²) in [4.78, 5) is 39.9. The first-order chi connectivity index (χ1) is 16.3. The number of nitrogens with one attached hydrogen (secondary N) is 2. The van der Waals surface area contributed by atoms with E-state index in [4.69, 9.17) is 12.2 Å². The average molecular weight is 480 g/mol. The summed E-state index contributed by atoms with van der Waals surface area (Å²) in [5.41, 5.74) is 2.90. The highest BCUT2D eigenvalue weighted by molar-refractivity contribution is 7.80. The highest BCUT2D eigenvalue weighted by atomic mass is 32.1. The minimum atomic E-state index is -1.21. The summed E-state index contributed by atoms with van der Waals surface area (Å²) in [5, 5.41) is 3.45. The Morgan fingerprint density at radius 3 is 2.35 bits per heavy atom. The maximum Gasteiger partial charge on any atom is 0.269 e. The number of hydrogen-bond acceptors (Lipinski definition) is 4. The van der Waals surface area contributed by atoms with Crippen LogP contribution in [0.15, 0.2) is 78.9 Å². The molecule has 3 amide bonds. The Kier molecular flexibility index (Phi) is 6.60. The first kappa shape index (κ1) is 23.0. The number of halogens is 2. The summed E-state index contributed by atoms with van der Waals surface area (Å²) >= 11 is 5.45. The summed E-state index contributed by atoms with van der Waals surface area (Å²) in [6.45, 7) is 0. The number of para-hydroxylation sites is 2. The number of benzene rings is 3. The van der Waals surface area contributed by atoms with E-state index in [1.165, 1.54) is 41.3 Å². The van der Waals surface area contributed by atoms with E-state index < -0.39 is 41.8 Å². The van der Waals surface area contributed by atoms with Crippen LogP contribution in [0.3, 0.4) is 0 Å². The molecule has 0 radical (unpaired) electrons. The van der Waals surface area contributed by atoms with E-state index in [2.05, 4.69) is 10.7 Å². The normalized spacial score (nSPS) is 15.4. The molecule has 34 heavy (non-hydrogen) atoms. The van der Waals surface area contributed by atoms with E-state index in [-0.39, 0.29) is 16.4 Å². The van der Waals surface area contributed by atoms with Crippen LogP contribution in [0.1, 0.15) is 16.8 Å². The summed E-state index contributed by atoms with van der Waals surface area (Å²) in [6.07, 6.45) is -0.430. The number of carbonyl (C=O) groups is 3. The van der Waals surface area contributed by atoms with Crippen molar-refractivity contribution >= 4 is 46.4 Å². The highest BCUT2D eigenvalue weighted by Gasteiger charge is 2.45. The average Bonchev–Trinajstić information content (AvgIpc) is 3.05. The fourth-order valence-electron chi connectivity index (χ4n) is 3.46. The minimum Gasteiger partial charge on any atom is -0.324 e. The molecule has 3 aromatic carbocycles. The van der Waals surface area contributed by atoms with Crippen molar-refractivity contribution in [2.24, 2.45) is 0 Å². The Labute approximate surface area is 198 Å². The third-order valence-electron chi connectivity index (χ3n) is 5.06. The van der Waals surface area contributed by atoms with Gasteiger partial charge in [-0.15, -0.1) is 0 Å². The maximum atomic E-state index is 13.9. The Balaban J connectivity index is 1.60. The van der Waals surface area contributed by atoms with E-state index in [0.29, 0.717) is 5.69 Å². The third kappa shape index (κ3) is 4.76. The monoisotopic (exact) mass is 480 g/mol. The zero-order valence-corrected chi connectivity index (χ0v) is 18.4. The molecule has 0 spiro atoms.